The summed E-state index contributed by atoms with van der Waals surface area (Å²) in [5.74, 6) is 0.678. The Morgan fingerprint density at radius 2 is 2.00 bits per heavy atom. The molecule has 0 saturated carbocycles. The van der Waals surface area contributed by atoms with Gasteiger partial charge in [-0.2, -0.15) is 0 Å². The van der Waals surface area contributed by atoms with Crippen molar-refractivity contribution in [3.05, 3.63) is 30.3 Å². The maximum atomic E-state index is 12.5. The lowest BCUT2D eigenvalue weighted by Crippen LogP contribution is -2.52. The van der Waals surface area contributed by atoms with Gasteiger partial charge in [-0.3, -0.25) is 4.79 Å². The molecular weight excluding hydrogens is 324 g/mol. The second kappa shape index (κ2) is 10.7. The first kappa shape index (κ1) is 20.9. The Balaban J connectivity index is 0.00000288. The van der Waals surface area contributed by atoms with Crippen LogP contribution in [0.5, 0.6) is 0 Å². The number of amides is 1. The number of hydrogen-bond acceptors (Lipinski definition) is 3. The van der Waals surface area contributed by atoms with Crippen LogP contribution in [-0.2, 0) is 9.53 Å². The van der Waals surface area contributed by atoms with Gasteiger partial charge in [0, 0.05) is 44.4 Å². The second-order valence-corrected chi connectivity index (χ2v) is 6.28. The zero-order valence-electron chi connectivity index (χ0n) is 15.1. The lowest BCUT2D eigenvalue weighted by molar-refractivity contribution is -0.119. The number of ether oxygens (including phenoxy) is 1. The SMILES string of the molecule is CCOCCN1CC[C@@H](N(C(=O)CC)c2ccccc2)[C@@H](C)C1.Cl. The summed E-state index contributed by atoms with van der Waals surface area (Å²) in [5.41, 5.74) is 1.03. The number of benzene rings is 1. The largest absolute Gasteiger partial charge is 0.380 e. The summed E-state index contributed by atoms with van der Waals surface area (Å²) in [6, 6.07) is 10.4. The van der Waals surface area contributed by atoms with E-state index in [0.29, 0.717) is 12.3 Å². The van der Waals surface area contributed by atoms with Crippen LogP contribution in [0, 0.1) is 5.92 Å². The van der Waals surface area contributed by atoms with Gasteiger partial charge in [0.25, 0.3) is 0 Å². The Morgan fingerprint density at radius 1 is 1.29 bits per heavy atom. The fourth-order valence-corrected chi connectivity index (χ4v) is 3.42. The number of nitrogens with zero attached hydrogens (tertiary/aromatic N) is 2. The average molecular weight is 355 g/mol. The monoisotopic (exact) mass is 354 g/mol. The Labute approximate surface area is 152 Å². The van der Waals surface area contributed by atoms with Crippen molar-refractivity contribution in [2.75, 3.05) is 37.7 Å². The van der Waals surface area contributed by atoms with E-state index < -0.39 is 0 Å². The quantitative estimate of drug-likeness (QED) is 0.701. The molecule has 1 aromatic rings. The van der Waals surface area contributed by atoms with Crippen molar-refractivity contribution >= 4 is 24.0 Å². The van der Waals surface area contributed by atoms with E-state index in [1.807, 2.05) is 49.1 Å². The minimum absolute atomic E-state index is 0. The number of likely N-dealkylation sites (tertiary alicyclic amines) is 1. The highest BCUT2D eigenvalue weighted by molar-refractivity contribution is 5.93. The van der Waals surface area contributed by atoms with Crippen molar-refractivity contribution in [3.63, 3.8) is 0 Å². The third-order valence-corrected chi connectivity index (χ3v) is 4.64. The molecule has 4 nitrogen and oxygen atoms in total. The highest BCUT2D eigenvalue weighted by Crippen LogP contribution is 2.27. The molecule has 5 heteroatoms. The van der Waals surface area contributed by atoms with Crippen molar-refractivity contribution in [3.8, 4) is 0 Å². The maximum absolute atomic E-state index is 12.5. The third kappa shape index (κ3) is 5.47. The van der Waals surface area contributed by atoms with E-state index in [2.05, 4.69) is 11.8 Å². The van der Waals surface area contributed by atoms with Crippen LogP contribution in [0.15, 0.2) is 30.3 Å². The number of hydrogen-bond donors (Lipinski definition) is 0. The molecule has 1 saturated heterocycles. The molecule has 1 aromatic carbocycles. The summed E-state index contributed by atoms with van der Waals surface area (Å²) in [6.07, 6.45) is 1.57. The van der Waals surface area contributed by atoms with E-state index in [0.717, 1.165) is 45.0 Å². The van der Waals surface area contributed by atoms with Gasteiger partial charge in [-0.1, -0.05) is 32.0 Å². The second-order valence-electron chi connectivity index (χ2n) is 6.28. The van der Waals surface area contributed by atoms with E-state index in [-0.39, 0.29) is 24.4 Å². The van der Waals surface area contributed by atoms with Crippen LogP contribution in [0.1, 0.15) is 33.6 Å². The number of para-hydroxylation sites is 1. The van der Waals surface area contributed by atoms with E-state index in [1.54, 1.807) is 0 Å². The van der Waals surface area contributed by atoms with E-state index >= 15 is 0 Å². The molecule has 1 aliphatic rings. The molecule has 1 heterocycles. The number of carbonyl (C=O) groups is 1. The van der Waals surface area contributed by atoms with Gasteiger partial charge in [0.2, 0.25) is 5.91 Å². The standard InChI is InChI=1S/C19H30N2O2.ClH/c1-4-19(22)21(17-9-7-6-8-10-17)18-11-12-20(15-16(18)3)13-14-23-5-2;/h6-10,16,18H,4-5,11-15H2,1-3H3;1H/t16-,18+;/m0./s1. The zero-order valence-corrected chi connectivity index (χ0v) is 15.9. The molecule has 1 aliphatic heterocycles. The van der Waals surface area contributed by atoms with Crippen LogP contribution < -0.4 is 4.90 Å². The molecule has 2 atom stereocenters. The smallest absolute Gasteiger partial charge is 0.226 e. The molecule has 1 fully saturated rings. The van der Waals surface area contributed by atoms with Crippen LogP contribution in [0.2, 0.25) is 0 Å². The number of rotatable bonds is 7. The molecule has 2 rings (SSSR count). The predicted octanol–water partition coefficient (Wildman–Crippen LogP) is 3.60. The van der Waals surface area contributed by atoms with Crippen molar-refractivity contribution in [1.29, 1.82) is 0 Å². The Morgan fingerprint density at radius 3 is 2.58 bits per heavy atom. The molecule has 0 radical (unpaired) electrons. The molecule has 1 amide bonds. The fraction of sp³-hybridized carbons (Fsp3) is 0.632. The Hall–Kier alpha value is -1.10. The normalized spacial score (nSPS) is 21.1. The fourth-order valence-electron chi connectivity index (χ4n) is 3.42. The first-order valence-electron chi connectivity index (χ1n) is 8.84. The van der Waals surface area contributed by atoms with Gasteiger partial charge >= 0.3 is 0 Å². The topological polar surface area (TPSA) is 32.8 Å². The van der Waals surface area contributed by atoms with E-state index in [1.165, 1.54) is 0 Å². The highest BCUT2D eigenvalue weighted by atomic mass is 35.5. The summed E-state index contributed by atoms with van der Waals surface area (Å²) in [7, 11) is 0. The molecule has 0 aromatic heterocycles. The first-order chi connectivity index (χ1) is 11.2. The summed E-state index contributed by atoms with van der Waals surface area (Å²) >= 11 is 0. The minimum atomic E-state index is 0. The van der Waals surface area contributed by atoms with Crippen LogP contribution in [0.4, 0.5) is 5.69 Å². The van der Waals surface area contributed by atoms with Gasteiger partial charge < -0.3 is 14.5 Å². The number of piperidine rings is 1. The van der Waals surface area contributed by atoms with E-state index in [4.69, 9.17) is 4.74 Å². The van der Waals surface area contributed by atoms with Gasteiger partial charge in [-0.05, 0) is 31.4 Å². The first-order valence-corrected chi connectivity index (χ1v) is 8.84. The van der Waals surface area contributed by atoms with Gasteiger partial charge in [0.1, 0.15) is 0 Å². The number of anilines is 1. The molecule has 0 unspecified atom stereocenters. The minimum Gasteiger partial charge on any atom is -0.380 e. The summed E-state index contributed by atoms with van der Waals surface area (Å²) in [5, 5.41) is 0. The maximum Gasteiger partial charge on any atom is 0.226 e. The zero-order chi connectivity index (χ0) is 16.7. The molecule has 24 heavy (non-hydrogen) atoms. The van der Waals surface area contributed by atoms with Gasteiger partial charge in [-0.15, -0.1) is 12.4 Å². The van der Waals surface area contributed by atoms with Crippen molar-refractivity contribution in [2.24, 2.45) is 5.92 Å². The van der Waals surface area contributed by atoms with Crippen molar-refractivity contribution in [1.82, 2.24) is 4.90 Å². The van der Waals surface area contributed by atoms with E-state index in [9.17, 15) is 4.79 Å². The third-order valence-electron chi connectivity index (χ3n) is 4.64. The average Bonchev–Trinajstić information content (AvgIpc) is 2.58. The molecule has 0 aliphatic carbocycles. The number of carbonyl (C=O) groups excluding carboxylic acids is 1. The summed E-state index contributed by atoms with van der Waals surface area (Å²) in [4.78, 5) is 17.0. The van der Waals surface area contributed by atoms with Crippen LogP contribution >= 0.6 is 12.4 Å². The summed E-state index contributed by atoms with van der Waals surface area (Å²) < 4.78 is 5.46. The van der Waals surface area contributed by atoms with Crippen LogP contribution in [-0.4, -0.2) is 49.7 Å². The molecule has 0 bridgehead atoms. The summed E-state index contributed by atoms with van der Waals surface area (Å²) in [6.45, 7) is 10.8. The lowest BCUT2D eigenvalue weighted by Gasteiger charge is -2.42. The van der Waals surface area contributed by atoms with Crippen molar-refractivity contribution in [2.45, 2.75) is 39.7 Å². The van der Waals surface area contributed by atoms with Crippen LogP contribution in [0.3, 0.4) is 0 Å². The van der Waals surface area contributed by atoms with Gasteiger partial charge in [0.05, 0.1) is 6.61 Å². The Kier molecular flexibility index (Phi) is 9.34. The Bertz CT molecular complexity index is 484. The highest BCUT2D eigenvalue weighted by Gasteiger charge is 2.33. The lowest BCUT2D eigenvalue weighted by atomic mass is 9.91. The molecular formula is C19H31ClN2O2. The molecule has 0 spiro atoms. The number of halogens is 1. The predicted molar refractivity (Wildman–Crippen MR) is 102 cm³/mol. The molecule has 0 N–H and O–H groups in total. The van der Waals surface area contributed by atoms with Crippen LogP contribution in [0.25, 0.3) is 0 Å². The molecule has 136 valence electrons. The van der Waals surface area contributed by atoms with Gasteiger partial charge in [-0.25, -0.2) is 0 Å². The van der Waals surface area contributed by atoms with Gasteiger partial charge in [0.15, 0.2) is 0 Å². The van der Waals surface area contributed by atoms with Crippen molar-refractivity contribution < 1.29 is 9.53 Å².